The molecule has 0 bridgehead atoms. The van der Waals surface area contributed by atoms with E-state index in [1.165, 1.54) is 0 Å². The molecule has 0 saturated heterocycles. The minimum atomic E-state index is -0.186. The number of esters is 1. The molecule has 2 aromatic carbocycles. The van der Waals surface area contributed by atoms with Crippen LogP contribution in [-0.4, -0.2) is 13.1 Å². The molecule has 2 aromatic rings. The van der Waals surface area contributed by atoms with Crippen LogP contribution < -0.4 is 4.74 Å². The van der Waals surface area contributed by atoms with Crippen LogP contribution in [0.25, 0.3) is 0 Å². The molecular weight excluding hydrogens is 264 g/mol. The lowest BCUT2D eigenvalue weighted by Crippen LogP contribution is -2.08. The highest BCUT2D eigenvalue weighted by atomic mass is 16.5. The molecule has 3 heteroatoms. The van der Waals surface area contributed by atoms with Crippen molar-refractivity contribution >= 4 is 5.97 Å². The van der Waals surface area contributed by atoms with Crippen LogP contribution in [0.5, 0.6) is 5.75 Å². The zero-order valence-electron chi connectivity index (χ0n) is 12.4. The first kappa shape index (κ1) is 15.1. The Balaban J connectivity index is 1.87. The Kier molecular flexibility index (Phi) is 5.38. The van der Waals surface area contributed by atoms with Crippen LogP contribution in [-0.2, 0) is 16.1 Å². The van der Waals surface area contributed by atoms with E-state index < -0.39 is 0 Å². The molecule has 0 aliphatic carbocycles. The van der Waals surface area contributed by atoms with Crippen molar-refractivity contribution in [3.05, 3.63) is 65.7 Å². The lowest BCUT2D eigenvalue weighted by atomic mass is 9.98. The number of methoxy groups -OCH3 is 1. The third kappa shape index (κ3) is 4.63. The monoisotopic (exact) mass is 284 g/mol. The van der Waals surface area contributed by atoms with Crippen molar-refractivity contribution in [3.8, 4) is 5.75 Å². The maximum Gasteiger partial charge on any atom is 0.306 e. The second kappa shape index (κ2) is 7.48. The van der Waals surface area contributed by atoms with E-state index in [9.17, 15) is 4.79 Å². The second-order valence-corrected chi connectivity index (χ2v) is 5.03. The van der Waals surface area contributed by atoms with Gasteiger partial charge in [0.05, 0.1) is 13.5 Å². The molecule has 2 rings (SSSR count). The van der Waals surface area contributed by atoms with Crippen LogP contribution in [0.2, 0.25) is 0 Å². The van der Waals surface area contributed by atoms with E-state index in [0.717, 1.165) is 16.9 Å². The predicted molar refractivity (Wildman–Crippen MR) is 82.3 cm³/mol. The zero-order chi connectivity index (χ0) is 15.1. The molecule has 0 aliphatic rings. The Morgan fingerprint density at radius 2 is 1.86 bits per heavy atom. The molecule has 0 saturated carbocycles. The predicted octanol–water partition coefficient (Wildman–Crippen LogP) is 3.93. The summed E-state index contributed by atoms with van der Waals surface area (Å²) in [6.07, 6.45) is 0.361. The highest BCUT2D eigenvalue weighted by Gasteiger charge is 2.13. The van der Waals surface area contributed by atoms with Crippen molar-refractivity contribution in [2.24, 2.45) is 0 Å². The maximum atomic E-state index is 11.9. The number of hydrogen-bond donors (Lipinski definition) is 0. The molecule has 0 N–H and O–H groups in total. The summed E-state index contributed by atoms with van der Waals surface area (Å²) in [6, 6.07) is 17.5. The smallest absolute Gasteiger partial charge is 0.306 e. The van der Waals surface area contributed by atoms with Crippen molar-refractivity contribution < 1.29 is 14.3 Å². The quantitative estimate of drug-likeness (QED) is 0.754. The largest absolute Gasteiger partial charge is 0.497 e. The van der Waals surface area contributed by atoms with Gasteiger partial charge in [0.25, 0.3) is 0 Å². The van der Waals surface area contributed by atoms with Gasteiger partial charge in [-0.15, -0.1) is 0 Å². The molecule has 0 aliphatic heterocycles. The van der Waals surface area contributed by atoms with Gasteiger partial charge in [0.1, 0.15) is 12.4 Å². The normalized spacial score (nSPS) is 11.7. The first-order valence-corrected chi connectivity index (χ1v) is 7.02. The third-order valence-electron chi connectivity index (χ3n) is 3.38. The van der Waals surface area contributed by atoms with Crippen molar-refractivity contribution in [2.45, 2.75) is 25.9 Å². The van der Waals surface area contributed by atoms with Crippen molar-refractivity contribution in [2.75, 3.05) is 7.11 Å². The van der Waals surface area contributed by atoms with Crippen LogP contribution in [0.15, 0.2) is 54.6 Å². The van der Waals surface area contributed by atoms with Crippen LogP contribution in [0.4, 0.5) is 0 Å². The SMILES string of the molecule is COc1cccc([C@@H](C)CC(=O)OCc2ccccc2)c1. The Morgan fingerprint density at radius 3 is 2.57 bits per heavy atom. The first-order valence-electron chi connectivity index (χ1n) is 7.02. The molecule has 110 valence electrons. The topological polar surface area (TPSA) is 35.5 Å². The van der Waals surface area contributed by atoms with Gasteiger partial charge in [0, 0.05) is 0 Å². The van der Waals surface area contributed by atoms with Crippen LogP contribution in [0.1, 0.15) is 30.4 Å². The molecular formula is C18H20O3. The fourth-order valence-electron chi connectivity index (χ4n) is 2.11. The summed E-state index contributed by atoms with van der Waals surface area (Å²) in [5.41, 5.74) is 2.07. The van der Waals surface area contributed by atoms with Crippen LogP contribution in [0, 0.1) is 0 Å². The molecule has 0 unspecified atom stereocenters. The van der Waals surface area contributed by atoms with E-state index >= 15 is 0 Å². The van der Waals surface area contributed by atoms with Crippen LogP contribution >= 0.6 is 0 Å². The van der Waals surface area contributed by atoms with Crippen molar-refractivity contribution in [1.29, 1.82) is 0 Å². The molecule has 0 amide bonds. The Hall–Kier alpha value is -2.29. The molecule has 0 heterocycles. The van der Waals surface area contributed by atoms with E-state index in [1.54, 1.807) is 7.11 Å². The molecule has 0 fully saturated rings. The number of benzene rings is 2. The van der Waals surface area contributed by atoms with Crippen LogP contribution in [0.3, 0.4) is 0 Å². The summed E-state index contributed by atoms with van der Waals surface area (Å²) in [4.78, 5) is 11.9. The van der Waals surface area contributed by atoms with Gasteiger partial charge < -0.3 is 9.47 Å². The molecule has 3 nitrogen and oxygen atoms in total. The summed E-state index contributed by atoms with van der Waals surface area (Å²) < 4.78 is 10.5. The molecule has 21 heavy (non-hydrogen) atoms. The molecule has 1 atom stereocenters. The summed E-state index contributed by atoms with van der Waals surface area (Å²) in [5, 5.41) is 0. The summed E-state index contributed by atoms with van der Waals surface area (Å²) in [5.74, 6) is 0.717. The minimum absolute atomic E-state index is 0.100. The average molecular weight is 284 g/mol. The number of hydrogen-bond acceptors (Lipinski definition) is 3. The second-order valence-electron chi connectivity index (χ2n) is 5.03. The van der Waals surface area contributed by atoms with Gasteiger partial charge in [-0.1, -0.05) is 49.4 Å². The zero-order valence-corrected chi connectivity index (χ0v) is 12.4. The van der Waals surface area contributed by atoms with Crippen molar-refractivity contribution in [3.63, 3.8) is 0 Å². The number of ether oxygens (including phenoxy) is 2. The lowest BCUT2D eigenvalue weighted by molar-refractivity contribution is -0.145. The Bertz CT molecular complexity index is 578. The van der Waals surface area contributed by atoms with Gasteiger partial charge in [-0.05, 0) is 29.2 Å². The van der Waals surface area contributed by atoms with E-state index in [0.29, 0.717) is 13.0 Å². The standard InChI is InChI=1S/C18H20O3/c1-14(16-9-6-10-17(12-16)20-2)11-18(19)21-13-15-7-4-3-5-8-15/h3-10,12,14H,11,13H2,1-2H3/t14-/m0/s1. The number of rotatable bonds is 6. The summed E-state index contributed by atoms with van der Waals surface area (Å²) >= 11 is 0. The van der Waals surface area contributed by atoms with E-state index in [2.05, 4.69) is 0 Å². The lowest BCUT2D eigenvalue weighted by Gasteiger charge is -2.12. The molecule has 0 radical (unpaired) electrons. The third-order valence-corrected chi connectivity index (χ3v) is 3.38. The van der Waals surface area contributed by atoms with Gasteiger partial charge in [0.15, 0.2) is 0 Å². The van der Waals surface area contributed by atoms with Gasteiger partial charge in [-0.3, -0.25) is 4.79 Å². The first-order chi connectivity index (χ1) is 10.2. The average Bonchev–Trinajstić information content (AvgIpc) is 2.54. The van der Waals surface area contributed by atoms with Crippen molar-refractivity contribution in [1.82, 2.24) is 0 Å². The maximum absolute atomic E-state index is 11.9. The highest BCUT2D eigenvalue weighted by molar-refractivity contribution is 5.70. The molecule has 0 spiro atoms. The Labute approximate surface area is 125 Å². The van der Waals surface area contributed by atoms with Gasteiger partial charge in [0.2, 0.25) is 0 Å². The summed E-state index contributed by atoms with van der Waals surface area (Å²) in [6.45, 7) is 2.34. The molecule has 0 aromatic heterocycles. The summed E-state index contributed by atoms with van der Waals surface area (Å²) in [7, 11) is 1.64. The van der Waals surface area contributed by atoms with E-state index in [1.807, 2.05) is 61.5 Å². The fourth-order valence-corrected chi connectivity index (χ4v) is 2.11. The number of carbonyl (C=O) groups is 1. The van der Waals surface area contributed by atoms with Gasteiger partial charge in [-0.25, -0.2) is 0 Å². The van der Waals surface area contributed by atoms with Gasteiger partial charge in [-0.2, -0.15) is 0 Å². The Morgan fingerprint density at radius 1 is 1.10 bits per heavy atom. The van der Waals surface area contributed by atoms with Gasteiger partial charge >= 0.3 is 5.97 Å². The fraction of sp³-hybridized carbons (Fsp3) is 0.278. The number of carbonyl (C=O) groups excluding carboxylic acids is 1. The van der Waals surface area contributed by atoms with E-state index in [-0.39, 0.29) is 11.9 Å². The van der Waals surface area contributed by atoms with E-state index in [4.69, 9.17) is 9.47 Å². The highest BCUT2D eigenvalue weighted by Crippen LogP contribution is 2.23. The minimum Gasteiger partial charge on any atom is -0.497 e.